The van der Waals surface area contributed by atoms with E-state index in [2.05, 4.69) is 70.7 Å². The van der Waals surface area contributed by atoms with E-state index in [-0.39, 0.29) is 5.92 Å². The molecular weight excluding hydrogens is 484 g/mol. The van der Waals surface area contributed by atoms with Crippen molar-refractivity contribution in [3.63, 3.8) is 0 Å². The molecule has 1 aromatic heterocycles. The normalized spacial score (nSPS) is 12.3. The fourth-order valence-corrected chi connectivity index (χ4v) is 4.55. The number of hydrogen-bond donors (Lipinski definition) is 2. The Bertz CT molecular complexity index is 1450. The molecule has 4 aromatic rings. The van der Waals surface area contributed by atoms with Crippen LogP contribution in [0.15, 0.2) is 77.9 Å². The summed E-state index contributed by atoms with van der Waals surface area (Å²) in [4.78, 5) is 25.7. The van der Waals surface area contributed by atoms with E-state index in [0.29, 0.717) is 10.6 Å². The van der Waals surface area contributed by atoms with Crippen molar-refractivity contribution in [2.24, 2.45) is 11.0 Å². The van der Waals surface area contributed by atoms with Crippen LogP contribution in [0.5, 0.6) is 0 Å². The lowest BCUT2D eigenvalue weighted by Gasteiger charge is -2.20. The van der Waals surface area contributed by atoms with E-state index in [0.717, 1.165) is 28.7 Å². The zero-order chi connectivity index (χ0) is 26.5. The topological polar surface area (TPSA) is 75.5 Å². The molecule has 2 amide bonds. The molecule has 6 nitrogen and oxygen atoms in total. The first kappa shape index (κ1) is 26.2. The van der Waals surface area contributed by atoms with E-state index in [4.69, 9.17) is 11.6 Å². The molecule has 0 aliphatic heterocycles. The lowest BCUT2D eigenvalue weighted by atomic mass is 10.0. The number of carbonyl (C=O) groups is 2. The summed E-state index contributed by atoms with van der Waals surface area (Å²) in [5.74, 6) is -0.953. The molecule has 37 heavy (non-hydrogen) atoms. The molecule has 0 spiro atoms. The number of hydrogen-bond acceptors (Lipinski definition) is 3. The van der Waals surface area contributed by atoms with Gasteiger partial charge in [0.15, 0.2) is 0 Å². The highest BCUT2D eigenvalue weighted by Gasteiger charge is 2.25. The van der Waals surface area contributed by atoms with Gasteiger partial charge < -0.3 is 9.88 Å². The van der Waals surface area contributed by atoms with E-state index in [1.165, 1.54) is 11.1 Å². The highest BCUT2D eigenvalue weighted by molar-refractivity contribution is 6.33. The van der Waals surface area contributed by atoms with E-state index < -0.39 is 17.9 Å². The van der Waals surface area contributed by atoms with Crippen LogP contribution in [0.4, 0.5) is 0 Å². The number of aryl methyl sites for hydroxylation is 1. The highest BCUT2D eigenvalue weighted by Crippen LogP contribution is 2.25. The van der Waals surface area contributed by atoms with Gasteiger partial charge in [0.2, 0.25) is 0 Å². The van der Waals surface area contributed by atoms with Gasteiger partial charge in [0.1, 0.15) is 6.04 Å². The third-order valence-electron chi connectivity index (χ3n) is 6.46. The predicted octanol–water partition coefficient (Wildman–Crippen LogP) is 5.86. The predicted molar refractivity (Wildman–Crippen MR) is 150 cm³/mol. The van der Waals surface area contributed by atoms with Crippen molar-refractivity contribution in [1.82, 2.24) is 15.3 Å². The largest absolute Gasteiger partial charge is 0.340 e. The van der Waals surface area contributed by atoms with Crippen molar-refractivity contribution in [3.05, 3.63) is 106 Å². The summed E-state index contributed by atoms with van der Waals surface area (Å²) in [5.41, 5.74) is 8.45. The molecule has 0 aliphatic carbocycles. The summed E-state index contributed by atoms with van der Waals surface area (Å²) in [5, 5.41) is 8.44. The van der Waals surface area contributed by atoms with E-state index in [1.807, 2.05) is 26.0 Å². The average Bonchev–Trinajstić information content (AvgIpc) is 3.14. The quantitative estimate of drug-likeness (QED) is 0.228. The van der Waals surface area contributed by atoms with Crippen molar-refractivity contribution < 1.29 is 9.59 Å². The van der Waals surface area contributed by atoms with Crippen molar-refractivity contribution in [1.29, 1.82) is 0 Å². The fraction of sp³-hybridized carbons (Fsp3) is 0.233. The van der Waals surface area contributed by atoms with E-state index in [1.54, 1.807) is 30.5 Å². The van der Waals surface area contributed by atoms with Gasteiger partial charge >= 0.3 is 0 Å². The van der Waals surface area contributed by atoms with Gasteiger partial charge in [0, 0.05) is 28.7 Å². The Morgan fingerprint density at radius 2 is 1.65 bits per heavy atom. The van der Waals surface area contributed by atoms with Crippen molar-refractivity contribution >= 4 is 40.5 Å². The van der Waals surface area contributed by atoms with Crippen LogP contribution in [0.25, 0.3) is 10.9 Å². The Morgan fingerprint density at radius 3 is 2.35 bits per heavy atom. The lowest BCUT2D eigenvalue weighted by molar-refractivity contribution is -0.123. The Labute approximate surface area is 222 Å². The minimum Gasteiger partial charge on any atom is -0.340 e. The zero-order valence-electron chi connectivity index (χ0n) is 21.5. The zero-order valence-corrected chi connectivity index (χ0v) is 22.2. The first-order valence-corrected chi connectivity index (χ1v) is 12.7. The Balaban J connectivity index is 1.53. The number of halogens is 1. The molecule has 0 bridgehead atoms. The van der Waals surface area contributed by atoms with Gasteiger partial charge in [-0.25, -0.2) is 5.43 Å². The lowest BCUT2D eigenvalue weighted by Crippen LogP contribution is -2.48. The number of benzene rings is 3. The molecule has 0 saturated heterocycles. The number of rotatable bonds is 8. The first-order chi connectivity index (χ1) is 17.8. The monoisotopic (exact) mass is 514 g/mol. The maximum absolute atomic E-state index is 13.0. The molecule has 4 rings (SSSR count). The molecule has 7 heteroatoms. The van der Waals surface area contributed by atoms with Gasteiger partial charge in [-0.05, 0) is 43.5 Å². The number of aromatic nitrogens is 1. The number of fused-ring (bicyclic) bond motifs is 1. The van der Waals surface area contributed by atoms with Gasteiger partial charge in [0.25, 0.3) is 11.8 Å². The SMILES string of the molecule is Cc1ccc(Cn2c(C)c(/C=N\NC(=O)C(NC(=O)c3ccccc3Cl)C(C)C)c3ccccc32)cc1. The minimum atomic E-state index is -0.773. The summed E-state index contributed by atoms with van der Waals surface area (Å²) in [6.45, 7) is 8.59. The average molecular weight is 515 g/mol. The van der Waals surface area contributed by atoms with Crippen molar-refractivity contribution in [2.75, 3.05) is 0 Å². The molecule has 0 fully saturated rings. The first-order valence-electron chi connectivity index (χ1n) is 12.3. The van der Waals surface area contributed by atoms with Crippen LogP contribution in [0.3, 0.4) is 0 Å². The maximum Gasteiger partial charge on any atom is 0.262 e. The van der Waals surface area contributed by atoms with Crippen molar-refractivity contribution in [2.45, 2.75) is 40.3 Å². The second-order valence-electron chi connectivity index (χ2n) is 9.50. The van der Waals surface area contributed by atoms with Crippen LogP contribution in [0.1, 0.15) is 46.6 Å². The second kappa shape index (κ2) is 11.4. The van der Waals surface area contributed by atoms with Gasteiger partial charge in [0.05, 0.1) is 16.8 Å². The summed E-state index contributed by atoms with van der Waals surface area (Å²) in [6.07, 6.45) is 1.68. The molecule has 2 N–H and O–H groups in total. The number of nitrogens with zero attached hydrogens (tertiary/aromatic N) is 2. The summed E-state index contributed by atoms with van der Waals surface area (Å²) in [7, 11) is 0. The molecule has 0 saturated carbocycles. The van der Waals surface area contributed by atoms with Gasteiger partial charge in [-0.15, -0.1) is 0 Å². The molecular formula is C30H31ClN4O2. The Hall–Kier alpha value is -3.90. The molecule has 1 atom stereocenters. The van der Waals surface area contributed by atoms with Crippen LogP contribution in [0, 0.1) is 19.8 Å². The number of amides is 2. The molecule has 1 heterocycles. The molecule has 190 valence electrons. The van der Waals surface area contributed by atoms with Crippen LogP contribution >= 0.6 is 11.6 Å². The third kappa shape index (κ3) is 5.92. The maximum atomic E-state index is 13.0. The highest BCUT2D eigenvalue weighted by atomic mass is 35.5. The Morgan fingerprint density at radius 1 is 0.973 bits per heavy atom. The molecule has 3 aromatic carbocycles. The smallest absolute Gasteiger partial charge is 0.262 e. The standard InChI is InChI=1S/C30H31ClN4O2/c1-19(2)28(33-29(36)24-10-5-7-11-26(24)31)30(37)34-32-17-25-21(4)35(27-12-8-6-9-23(25)27)18-22-15-13-20(3)14-16-22/h5-17,19,28H,18H2,1-4H3,(H,33,36)(H,34,37)/b32-17-. The molecule has 1 unspecified atom stereocenters. The second-order valence-corrected chi connectivity index (χ2v) is 9.90. The van der Waals surface area contributed by atoms with E-state index in [9.17, 15) is 9.59 Å². The summed E-state index contributed by atoms with van der Waals surface area (Å²) in [6, 6.07) is 22.6. The van der Waals surface area contributed by atoms with Crippen molar-refractivity contribution in [3.8, 4) is 0 Å². The third-order valence-corrected chi connectivity index (χ3v) is 6.79. The number of carbonyl (C=O) groups excluding carboxylic acids is 2. The molecule has 0 radical (unpaired) electrons. The van der Waals surface area contributed by atoms with Crippen LogP contribution in [0.2, 0.25) is 5.02 Å². The summed E-state index contributed by atoms with van der Waals surface area (Å²) >= 11 is 6.15. The van der Waals surface area contributed by atoms with Crippen LogP contribution in [-0.2, 0) is 11.3 Å². The van der Waals surface area contributed by atoms with Crippen LogP contribution in [-0.4, -0.2) is 28.6 Å². The number of nitrogens with one attached hydrogen (secondary N) is 2. The fourth-order valence-electron chi connectivity index (χ4n) is 4.33. The van der Waals surface area contributed by atoms with E-state index >= 15 is 0 Å². The minimum absolute atomic E-state index is 0.153. The number of para-hydroxylation sites is 1. The van der Waals surface area contributed by atoms with Gasteiger partial charge in [-0.1, -0.05) is 85.6 Å². The molecule has 0 aliphatic rings. The van der Waals surface area contributed by atoms with Gasteiger partial charge in [-0.2, -0.15) is 5.10 Å². The van der Waals surface area contributed by atoms with Crippen LogP contribution < -0.4 is 10.7 Å². The van der Waals surface area contributed by atoms with Gasteiger partial charge in [-0.3, -0.25) is 9.59 Å². The summed E-state index contributed by atoms with van der Waals surface area (Å²) < 4.78 is 2.25. The number of hydrazone groups is 1. The Kier molecular flexibility index (Phi) is 8.09.